The Morgan fingerprint density at radius 3 is 2.21 bits per heavy atom. The van der Waals surface area contributed by atoms with Crippen molar-refractivity contribution in [3.05, 3.63) is 63.1 Å². The molecule has 1 aliphatic rings. The highest BCUT2D eigenvalue weighted by molar-refractivity contribution is 6.42. The second-order valence-electron chi connectivity index (χ2n) is 5.96. The highest BCUT2D eigenvalue weighted by atomic mass is 35.5. The molecule has 0 bridgehead atoms. The third kappa shape index (κ3) is 4.78. The summed E-state index contributed by atoms with van der Waals surface area (Å²) in [5.41, 5.74) is 2.18. The smallest absolute Gasteiger partial charge is 0.0679 e. The average Bonchev–Trinajstić information content (AvgIpc) is 2.59. The van der Waals surface area contributed by atoms with Gasteiger partial charge in [-0.15, -0.1) is 0 Å². The van der Waals surface area contributed by atoms with Crippen molar-refractivity contribution in [3.8, 4) is 0 Å². The largest absolute Gasteiger partial charge is 0.371 e. The van der Waals surface area contributed by atoms with Crippen LogP contribution in [-0.2, 0) is 6.54 Å². The van der Waals surface area contributed by atoms with E-state index in [1.54, 1.807) is 0 Å². The lowest BCUT2D eigenvalue weighted by Gasteiger charge is -2.35. The van der Waals surface area contributed by atoms with Crippen LogP contribution in [0.25, 0.3) is 0 Å². The molecule has 1 aliphatic heterocycles. The number of hydrogen-bond acceptors (Lipinski definition) is 3. The molecule has 0 radical (unpaired) electrons. The van der Waals surface area contributed by atoms with Crippen LogP contribution in [0.5, 0.6) is 0 Å². The molecule has 0 spiro atoms. The molecular weight excluding hydrogens is 365 g/mol. The molecule has 0 amide bonds. The summed E-state index contributed by atoms with van der Waals surface area (Å²) < 4.78 is 0. The maximum atomic E-state index is 6.17. The van der Waals surface area contributed by atoms with Gasteiger partial charge in [0.1, 0.15) is 0 Å². The molecule has 1 saturated heterocycles. The Labute approximate surface area is 158 Å². The fraction of sp³-hybridized carbons (Fsp3) is 0.333. The Balaban J connectivity index is 1.45. The molecule has 1 fully saturated rings. The van der Waals surface area contributed by atoms with E-state index in [-0.39, 0.29) is 0 Å². The lowest BCUT2D eigenvalue weighted by atomic mass is 10.2. The van der Waals surface area contributed by atoms with Gasteiger partial charge in [-0.3, -0.25) is 9.80 Å². The van der Waals surface area contributed by atoms with Crippen molar-refractivity contribution in [2.24, 2.45) is 0 Å². The van der Waals surface area contributed by atoms with E-state index in [4.69, 9.17) is 34.8 Å². The van der Waals surface area contributed by atoms with E-state index >= 15 is 0 Å². The number of hydrogen-bond donors (Lipinski definition) is 1. The summed E-state index contributed by atoms with van der Waals surface area (Å²) in [5.74, 6) is 0. The minimum Gasteiger partial charge on any atom is -0.371 e. The average molecular weight is 385 g/mol. The number of rotatable bonds is 5. The summed E-state index contributed by atoms with van der Waals surface area (Å²) in [6, 6.07) is 13.7. The zero-order valence-corrected chi connectivity index (χ0v) is 15.6. The molecule has 0 saturated carbocycles. The van der Waals surface area contributed by atoms with Crippen molar-refractivity contribution in [1.29, 1.82) is 0 Å². The van der Waals surface area contributed by atoms with E-state index in [1.807, 2.05) is 42.5 Å². The van der Waals surface area contributed by atoms with Gasteiger partial charge in [-0.25, -0.2) is 0 Å². The summed E-state index contributed by atoms with van der Waals surface area (Å²) in [6.07, 6.45) is 0. The van der Waals surface area contributed by atoms with Gasteiger partial charge in [0, 0.05) is 32.7 Å². The second kappa shape index (κ2) is 8.41. The zero-order chi connectivity index (χ0) is 16.9. The predicted molar refractivity (Wildman–Crippen MR) is 103 cm³/mol. The molecule has 24 heavy (non-hydrogen) atoms. The Morgan fingerprint density at radius 2 is 1.50 bits per heavy atom. The van der Waals surface area contributed by atoms with Crippen LogP contribution in [0.3, 0.4) is 0 Å². The van der Waals surface area contributed by atoms with Crippen LogP contribution in [0.4, 0.5) is 5.69 Å². The van der Waals surface area contributed by atoms with Gasteiger partial charge in [0.2, 0.25) is 0 Å². The molecule has 0 aromatic heterocycles. The van der Waals surface area contributed by atoms with Crippen molar-refractivity contribution in [1.82, 2.24) is 9.80 Å². The molecule has 6 heteroatoms. The van der Waals surface area contributed by atoms with Gasteiger partial charge >= 0.3 is 0 Å². The van der Waals surface area contributed by atoms with Crippen molar-refractivity contribution >= 4 is 40.5 Å². The van der Waals surface area contributed by atoms with Crippen molar-refractivity contribution in [3.63, 3.8) is 0 Å². The van der Waals surface area contributed by atoms with Gasteiger partial charge in [-0.05, 0) is 29.8 Å². The van der Waals surface area contributed by atoms with E-state index in [0.29, 0.717) is 10.0 Å². The molecule has 1 N–H and O–H groups in total. The molecule has 3 nitrogen and oxygen atoms in total. The summed E-state index contributed by atoms with van der Waals surface area (Å²) >= 11 is 18.2. The van der Waals surface area contributed by atoms with Gasteiger partial charge in [0.15, 0.2) is 0 Å². The van der Waals surface area contributed by atoms with Gasteiger partial charge in [0.05, 0.1) is 27.4 Å². The summed E-state index contributed by atoms with van der Waals surface area (Å²) in [4.78, 5) is 4.83. The first-order valence-electron chi connectivity index (χ1n) is 7.99. The van der Waals surface area contributed by atoms with Crippen molar-refractivity contribution < 1.29 is 0 Å². The van der Waals surface area contributed by atoms with Gasteiger partial charge in [-0.1, -0.05) is 53.0 Å². The standard InChI is InChI=1S/C18H20Cl3N3/c19-15-6-5-14(11-17(15)21)12-23-7-9-24(10-8-23)13-22-18-4-2-1-3-16(18)20/h1-6,11,22H,7-10,12-13H2. The predicted octanol–water partition coefficient (Wildman–Crippen LogP) is 4.83. The molecule has 128 valence electrons. The van der Waals surface area contributed by atoms with E-state index in [9.17, 15) is 0 Å². The van der Waals surface area contributed by atoms with Crippen LogP contribution < -0.4 is 5.32 Å². The Hall–Kier alpha value is -0.970. The first kappa shape index (κ1) is 17.8. The lowest BCUT2D eigenvalue weighted by Crippen LogP contribution is -2.47. The third-order valence-electron chi connectivity index (χ3n) is 4.22. The fourth-order valence-electron chi connectivity index (χ4n) is 2.80. The van der Waals surface area contributed by atoms with Gasteiger partial charge in [-0.2, -0.15) is 0 Å². The van der Waals surface area contributed by atoms with E-state index in [1.165, 1.54) is 5.56 Å². The number of nitrogens with one attached hydrogen (secondary N) is 1. The second-order valence-corrected chi connectivity index (χ2v) is 7.18. The Kier molecular flexibility index (Phi) is 6.25. The van der Waals surface area contributed by atoms with Gasteiger partial charge < -0.3 is 5.32 Å². The topological polar surface area (TPSA) is 18.5 Å². The SMILES string of the molecule is Clc1ccc(CN2CCN(CNc3ccccc3Cl)CC2)cc1Cl. The van der Waals surface area contributed by atoms with Crippen LogP contribution in [0.1, 0.15) is 5.56 Å². The Bertz CT molecular complexity index is 685. The maximum Gasteiger partial charge on any atom is 0.0679 e. The van der Waals surface area contributed by atoms with E-state index in [2.05, 4.69) is 15.1 Å². The molecule has 2 aromatic carbocycles. The first-order chi connectivity index (χ1) is 11.6. The number of para-hydroxylation sites is 1. The molecule has 0 aliphatic carbocycles. The third-order valence-corrected chi connectivity index (χ3v) is 5.29. The summed E-state index contributed by atoms with van der Waals surface area (Å²) in [6.45, 7) is 5.83. The lowest BCUT2D eigenvalue weighted by molar-refractivity contribution is 0.133. The quantitative estimate of drug-likeness (QED) is 0.796. The van der Waals surface area contributed by atoms with Gasteiger partial charge in [0.25, 0.3) is 0 Å². The monoisotopic (exact) mass is 383 g/mol. The highest BCUT2D eigenvalue weighted by Crippen LogP contribution is 2.24. The van der Waals surface area contributed by atoms with E-state index < -0.39 is 0 Å². The van der Waals surface area contributed by atoms with Crippen LogP contribution in [0.2, 0.25) is 15.1 Å². The Morgan fingerprint density at radius 1 is 0.792 bits per heavy atom. The molecule has 2 aromatic rings. The normalized spacial score (nSPS) is 16.3. The zero-order valence-electron chi connectivity index (χ0n) is 13.3. The molecule has 0 unspecified atom stereocenters. The van der Waals surface area contributed by atoms with Crippen LogP contribution >= 0.6 is 34.8 Å². The highest BCUT2D eigenvalue weighted by Gasteiger charge is 2.17. The maximum absolute atomic E-state index is 6.17. The molecular formula is C18H20Cl3N3. The summed E-state index contributed by atoms with van der Waals surface area (Å²) in [7, 11) is 0. The van der Waals surface area contributed by atoms with E-state index in [0.717, 1.165) is 50.1 Å². The molecule has 3 rings (SSSR count). The minimum atomic E-state index is 0.607. The fourth-order valence-corrected chi connectivity index (χ4v) is 3.33. The van der Waals surface area contributed by atoms with Crippen LogP contribution in [0, 0.1) is 0 Å². The molecule has 0 atom stereocenters. The van der Waals surface area contributed by atoms with Crippen LogP contribution in [-0.4, -0.2) is 42.6 Å². The summed E-state index contributed by atoms with van der Waals surface area (Å²) in [5, 5.41) is 5.39. The number of piperazine rings is 1. The first-order valence-corrected chi connectivity index (χ1v) is 9.12. The number of anilines is 1. The van der Waals surface area contributed by atoms with Crippen LogP contribution in [0.15, 0.2) is 42.5 Å². The minimum absolute atomic E-state index is 0.607. The number of benzene rings is 2. The van der Waals surface area contributed by atoms with Crippen molar-refractivity contribution in [2.45, 2.75) is 6.54 Å². The molecule has 1 heterocycles. The number of halogens is 3. The number of nitrogens with zero attached hydrogens (tertiary/aromatic N) is 2. The van der Waals surface area contributed by atoms with Crippen molar-refractivity contribution in [2.75, 3.05) is 38.2 Å².